The number of carbonyl (C=O) groups is 1. The van der Waals surface area contributed by atoms with Gasteiger partial charge in [-0.15, -0.1) is 0 Å². The average Bonchev–Trinajstić information content (AvgIpc) is 2.40. The Morgan fingerprint density at radius 1 is 1.42 bits per heavy atom. The van der Waals surface area contributed by atoms with E-state index < -0.39 is 0 Å². The molecule has 2 N–H and O–H groups in total. The number of piperidine rings is 1. The van der Waals surface area contributed by atoms with Gasteiger partial charge in [0.05, 0.1) is 0 Å². The first-order valence-corrected chi connectivity index (χ1v) is 6.75. The van der Waals surface area contributed by atoms with Crippen LogP contribution in [0.1, 0.15) is 35.7 Å². The maximum Gasteiger partial charge on any atom is 0.251 e. The molecule has 0 spiro atoms. The molecule has 0 aliphatic carbocycles. The molecule has 19 heavy (non-hydrogen) atoms. The minimum absolute atomic E-state index is 0.141. The van der Waals surface area contributed by atoms with Crippen LogP contribution in [0.15, 0.2) is 18.2 Å². The van der Waals surface area contributed by atoms with Crippen LogP contribution < -0.4 is 10.6 Å². The molecule has 4 heteroatoms. The van der Waals surface area contributed by atoms with Gasteiger partial charge < -0.3 is 10.6 Å². The van der Waals surface area contributed by atoms with E-state index in [9.17, 15) is 9.18 Å². The second kappa shape index (κ2) is 5.70. The number of carbonyl (C=O) groups excluding carboxylic acids is 1. The van der Waals surface area contributed by atoms with Gasteiger partial charge in [-0.25, -0.2) is 4.39 Å². The SMILES string of the molecule is Cc1ccc(F)cc1C(=O)NCC1(C)CCNCC1. The number of aryl methyl sites for hydroxylation is 1. The lowest BCUT2D eigenvalue weighted by molar-refractivity contribution is 0.0921. The molecular weight excluding hydrogens is 243 g/mol. The van der Waals surface area contributed by atoms with Gasteiger partial charge >= 0.3 is 0 Å². The lowest BCUT2D eigenvalue weighted by Crippen LogP contribution is -2.43. The van der Waals surface area contributed by atoms with Gasteiger partial charge in [-0.1, -0.05) is 13.0 Å². The van der Waals surface area contributed by atoms with Crippen molar-refractivity contribution in [2.75, 3.05) is 19.6 Å². The van der Waals surface area contributed by atoms with Crippen molar-refractivity contribution >= 4 is 5.91 Å². The summed E-state index contributed by atoms with van der Waals surface area (Å²) in [5.74, 6) is -0.555. The minimum atomic E-state index is -0.371. The van der Waals surface area contributed by atoms with Crippen molar-refractivity contribution in [1.29, 1.82) is 0 Å². The lowest BCUT2D eigenvalue weighted by Gasteiger charge is -2.34. The molecule has 0 aromatic heterocycles. The van der Waals surface area contributed by atoms with Crippen LogP contribution in [0.5, 0.6) is 0 Å². The number of hydrogen-bond donors (Lipinski definition) is 2. The molecule has 1 aliphatic rings. The standard InChI is InChI=1S/C15H21FN2O/c1-11-3-4-12(16)9-13(11)14(19)18-10-15(2)5-7-17-8-6-15/h3-4,9,17H,5-8,10H2,1-2H3,(H,18,19). The first-order chi connectivity index (χ1) is 9.00. The molecule has 2 rings (SSSR count). The van der Waals surface area contributed by atoms with E-state index in [1.807, 2.05) is 6.92 Å². The van der Waals surface area contributed by atoms with E-state index in [1.54, 1.807) is 6.07 Å². The first-order valence-electron chi connectivity index (χ1n) is 6.75. The second-order valence-corrected chi connectivity index (χ2v) is 5.70. The molecule has 1 aliphatic heterocycles. The zero-order valence-electron chi connectivity index (χ0n) is 11.6. The molecule has 1 amide bonds. The van der Waals surface area contributed by atoms with Crippen molar-refractivity contribution in [2.45, 2.75) is 26.7 Å². The maximum absolute atomic E-state index is 13.2. The number of amides is 1. The van der Waals surface area contributed by atoms with Crippen LogP contribution in [0.2, 0.25) is 0 Å². The van der Waals surface area contributed by atoms with E-state index in [1.165, 1.54) is 12.1 Å². The molecule has 0 atom stereocenters. The van der Waals surface area contributed by atoms with Gasteiger partial charge in [0.2, 0.25) is 0 Å². The monoisotopic (exact) mass is 264 g/mol. The van der Waals surface area contributed by atoms with Crippen LogP contribution >= 0.6 is 0 Å². The molecule has 0 bridgehead atoms. The van der Waals surface area contributed by atoms with E-state index in [4.69, 9.17) is 0 Å². The summed E-state index contributed by atoms with van der Waals surface area (Å²) < 4.78 is 13.2. The van der Waals surface area contributed by atoms with Crippen LogP contribution in [0.25, 0.3) is 0 Å². The van der Waals surface area contributed by atoms with Gasteiger partial charge in [0.25, 0.3) is 5.91 Å². The average molecular weight is 264 g/mol. The van der Waals surface area contributed by atoms with Gasteiger partial charge in [-0.05, 0) is 56.0 Å². The Bertz CT molecular complexity index is 467. The summed E-state index contributed by atoms with van der Waals surface area (Å²) in [4.78, 5) is 12.1. The fourth-order valence-corrected chi connectivity index (χ4v) is 2.43. The van der Waals surface area contributed by atoms with E-state index >= 15 is 0 Å². The van der Waals surface area contributed by atoms with Crippen LogP contribution in [0.4, 0.5) is 4.39 Å². The van der Waals surface area contributed by atoms with E-state index in [2.05, 4.69) is 17.6 Å². The Kier molecular flexibility index (Phi) is 4.20. The predicted octanol–water partition coefficient (Wildman–Crippen LogP) is 2.25. The molecule has 0 unspecified atom stereocenters. The zero-order chi connectivity index (χ0) is 13.9. The summed E-state index contributed by atoms with van der Waals surface area (Å²) in [6.07, 6.45) is 2.10. The Labute approximate surface area is 113 Å². The molecular formula is C15H21FN2O. The van der Waals surface area contributed by atoms with E-state index in [0.29, 0.717) is 12.1 Å². The molecule has 3 nitrogen and oxygen atoms in total. The number of halogens is 1. The summed E-state index contributed by atoms with van der Waals surface area (Å²) in [6.45, 7) is 6.63. The summed E-state index contributed by atoms with van der Waals surface area (Å²) in [5.41, 5.74) is 1.37. The lowest BCUT2D eigenvalue weighted by atomic mass is 9.81. The van der Waals surface area contributed by atoms with Gasteiger partial charge in [-0.3, -0.25) is 4.79 Å². The Hall–Kier alpha value is -1.42. The van der Waals surface area contributed by atoms with E-state index in [-0.39, 0.29) is 17.1 Å². The van der Waals surface area contributed by atoms with Crippen LogP contribution in [0, 0.1) is 18.2 Å². The summed E-state index contributed by atoms with van der Waals surface area (Å²) >= 11 is 0. The van der Waals surface area contributed by atoms with Crippen molar-refractivity contribution in [1.82, 2.24) is 10.6 Å². The Balaban J connectivity index is 1.99. The summed E-state index contributed by atoms with van der Waals surface area (Å²) in [7, 11) is 0. The molecule has 1 fully saturated rings. The third-order valence-electron chi connectivity index (χ3n) is 3.93. The molecule has 1 aromatic carbocycles. The fourth-order valence-electron chi connectivity index (χ4n) is 2.43. The Morgan fingerprint density at radius 3 is 2.79 bits per heavy atom. The predicted molar refractivity (Wildman–Crippen MR) is 73.7 cm³/mol. The molecule has 1 saturated heterocycles. The van der Waals surface area contributed by atoms with Crippen molar-refractivity contribution in [3.63, 3.8) is 0 Å². The Morgan fingerprint density at radius 2 is 2.11 bits per heavy atom. The summed E-state index contributed by atoms with van der Waals surface area (Å²) in [6, 6.07) is 4.31. The highest BCUT2D eigenvalue weighted by molar-refractivity contribution is 5.95. The molecule has 0 saturated carbocycles. The van der Waals surface area contributed by atoms with Gasteiger partial charge in [0, 0.05) is 12.1 Å². The second-order valence-electron chi connectivity index (χ2n) is 5.70. The molecule has 0 radical (unpaired) electrons. The first kappa shape index (κ1) is 14.0. The van der Waals surface area contributed by atoms with Crippen molar-refractivity contribution < 1.29 is 9.18 Å². The van der Waals surface area contributed by atoms with Gasteiger partial charge in [-0.2, -0.15) is 0 Å². The van der Waals surface area contributed by atoms with Gasteiger partial charge in [0.1, 0.15) is 5.82 Å². The normalized spacial score (nSPS) is 18.1. The highest BCUT2D eigenvalue weighted by Crippen LogP contribution is 2.26. The van der Waals surface area contributed by atoms with Crippen LogP contribution in [-0.2, 0) is 0 Å². The highest BCUT2D eigenvalue weighted by Gasteiger charge is 2.27. The van der Waals surface area contributed by atoms with Crippen molar-refractivity contribution in [2.24, 2.45) is 5.41 Å². The smallest absolute Gasteiger partial charge is 0.251 e. The zero-order valence-corrected chi connectivity index (χ0v) is 11.6. The van der Waals surface area contributed by atoms with Crippen molar-refractivity contribution in [3.8, 4) is 0 Å². The number of rotatable bonds is 3. The maximum atomic E-state index is 13.2. The topological polar surface area (TPSA) is 41.1 Å². The highest BCUT2D eigenvalue weighted by atomic mass is 19.1. The fraction of sp³-hybridized carbons (Fsp3) is 0.533. The number of hydrogen-bond acceptors (Lipinski definition) is 2. The molecule has 104 valence electrons. The third-order valence-corrected chi connectivity index (χ3v) is 3.93. The van der Waals surface area contributed by atoms with Crippen LogP contribution in [-0.4, -0.2) is 25.5 Å². The number of nitrogens with one attached hydrogen (secondary N) is 2. The summed E-state index contributed by atoms with van der Waals surface area (Å²) in [5, 5.41) is 6.26. The third kappa shape index (κ3) is 3.53. The van der Waals surface area contributed by atoms with E-state index in [0.717, 1.165) is 31.5 Å². The quantitative estimate of drug-likeness (QED) is 0.879. The number of benzene rings is 1. The van der Waals surface area contributed by atoms with Crippen molar-refractivity contribution in [3.05, 3.63) is 35.1 Å². The van der Waals surface area contributed by atoms with Crippen LogP contribution in [0.3, 0.4) is 0 Å². The minimum Gasteiger partial charge on any atom is -0.351 e. The molecule has 1 aromatic rings. The largest absolute Gasteiger partial charge is 0.351 e. The van der Waals surface area contributed by atoms with Gasteiger partial charge in [0.15, 0.2) is 0 Å². The molecule has 1 heterocycles.